The van der Waals surface area contributed by atoms with Crippen molar-refractivity contribution in [3.05, 3.63) is 58.0 Å². The van der Waals surface area contributed by atoms with Gasteiger partial charge in [-0.25, -0.2) is 4.39 Å². The highest BCUT2D eigenvalue weighted by atomic mass is 32.1. The number of carbonyl (C=O) groups is 1. The average molecular weight is 234 g/mol. The van der Waals surface area contributed by atoms with Crippen molar-refractivity contribution in [1.29, 1.82) is 0 Å². The molecule has 0 radical (unpaired) electrons. The van der Waals surface area contributed by atoms with Gasteiger partial charge in [-0.2, -0.15) is 0 Å². The van der Waals surface area contributed by atoms with Crippen molar-refractivity contribution in [2.24, 2.45) is 0 Å². The predicted molar refractivity (Wildman–Crippen MR) is 63.2 cm³/mol. The molecule has 1 heterocycles. The van der Waals surface area contributed by atoms with E-state index < -0.39 is 0 Å². The molecular weight excluding hydrogens is 223 g/mol. The van der Waals surface area contributed by atoms with Crippen LogP contribution in [0.1, 0.15) is 22.8 Å². The van der Waals surface area contributed by atoms with Crippen LogP contribution in [0.3, 0.4) is 0 Å². The lowest BCUT2D eigenvalue weighted by atomic mass is 9.95. The number of benzene rings is 1. The smallest absolute Gasteiger partial charge is 0.123 e. The SMILES string of the molecule is O=CCC(c1ccc(F)cc1)c1cccs1. The second kappa shape index (κ2) is 5.03. The molecule has 0 fully saturated rings. The molecule has 0 spiro atoms. The van der Waals surface area contributed by atoms with Crippen molar-refractivity contribution >= 4 is 17.6 Å². The number of aldehydes is 1. The predicted octanol–water partition coefficient (Wildman–Crippen LogP) is 3.61. The van der Waals surface area contributed by atoms with Gasteiger partial charge >= 0.3 is 0 Å². The van der Waals surface area contributed by atoms with E-state index >= 15 is 0 Å². The summed E-state index contributed by atoms with van der Waals surface area (Å²) in [7, 11) is 0. The minimum absolute atomic E-state index is 0.0538. The molecule has 16 heavy (non-hydrogen) atoms. The zero-order chi connectivity index (χ0) is 11.4. The van der Waals surface area contributed by atoms with Crippen molar-refractivity contribution in [3.8, 4) is 0 Å². The van der Waals surface area contributed by atoms with Crippen molar-refractivity contribution in [1.82, 2.24) is 0 Å². The highest BCUT2D eigenvalue weighted by molar-refractivity contribution is 7.10. The van der Waals surface area contributed by atoms with Gasteiger partial charge in [0.15, 0.2) is 0 Å². The van der Waals surface area contributed by atoms with E-state index in [0.717, 1.165) is 16.7 Å². The molecule has 0 saturated carbocycles. The number of rotatable bonds is 4. The second-order valence-electron chi connectivity index (χ2n) is 3.52. The Morgan fingerprint density at radius 1 is 1.25 bits per heavy atom. The Labute approximate surface area is 97.6 Å². The first-order chi connectivity index (χ1) is 7.81. The molecule has 3 heteroatoms. The quantitative estimate of drug-likeness (QED) is 0.739. The fraction of sp³-hybridized carbons (Fsp3) is 0.154. The molecule has 2 aromatic rings. The molecular formula is C13H11FOS. The number of hydrogen-bond donors (Lipinski definition) is 0. The Morgan fingerprint density at radius 3 is 2.56 bits per heavy atom. The molecule has 0 aliphatic heterocycles. The van der Waals surface area contributed by atoms with Gasteiger partial charge in [0.25, 0.3) is 0 Å². The number of thiophene rings is 1. The maximum atomic E-state index is 12.8. The lowest BCUT2D eigenvalue weighted by Gasteiger charge is -2.12. The van der Waals surface area contributed by atoms with E-state index in [0.29, 0.717) is 6.42 Å². The molecule has 1 atom stereocenters. The lowest BCUT2D eigenvalue weighted by molar-refractivity contribution is -0.108. The lowest BCUT2D eigenvalue weighted by Crippen LogP contribution is -1.99. The number of halogens is 1. The van der Waals surface area contributed by atoms with Crippen LogP contribution in [-0.2, 0) is 4.79 Å². The first kappa shape index (κ1) is 11.0. The monoisotopic (exact) mass is 234 g/mol. The summed E-state index contributed by atoms with van der Waals surface area (Å²) in [6.45, 7) is 0. The topological polar surface area (TPSA) is 17.1 Å². The largest absolute Gasteiger partial charge is 0.303 e. The maximum Gasteiger partial charge on any atom is 0.123 e. The summed E-state index contributed by atoms with van der Waals surface area (Å²) >= 11 is 1.62. The van der Waals surface area contributed by atoms with Gasteiger partial charge in [0.1, 0.15) is 12.1 Å². The van der Waals surface area contributed by atoms with E-state index in [-0.39, 0.29) is 11.7 Å². The standard InChI is InChI=1S/C13H11FOS/c14-11-5-3-10(4-6-11)12(7-8-15)13-2-1-9-16-13/h1-6,8-9,12H,7H2. The Morgan fingerprint density at radius 2 is 2.00 bits per heavy atom. The van der Waals surface area contributed by atoms with Crippen LogP contribution in [0, 0.1) is 5.82 Å². The highest BCUT2D eigenvalue weighted by Crippen LogP contribution is 2.30. The van der Waals surface area contributed by atoms with Gasteiger partial charge in [-0.3, -0.25) is 0 Å². The van der Waals surface area contributed by atoms with E-state index in [1.54, 1.807) is 23.5 Å². The average Bonchev–Trinajstić information content (AvgIpc) is 2.81. The molecule has 1 unspecified atom stereocenters. The van der Waals surface area contributed by atoms with Crippen molar-refractivity contribution in [2.75, 3.05) is 0 Å². The minimum atomic E-state index is -0.250. The van der Waals surface area contributed by atoms with E-state index in [1.807, 2.05) is 17.5 Å². The fourth-order valence-corrected chi connectivity index (χ4v) is 2.57. The van der Waals surface area contributed by atoms with Gasteiger partial charge in [-0.15, -0.1) is 11.3 Å². The molecule has 0 aliphatic rings. The summed E-state index contributed by atoms with van der Waals surface area (Å²) in [6, 6.07) is 10.3. The number of hydrogen-bond acceptors (Lipinski definition) is 2. The molecule has 1 aromatic carbocycles. The molecule has 82 valence electrons. The summed E-state index contributed by atoms with van der Waals surface area (Å²) in [5.41, 5.74) is 0.982. The van der Waals surface area contributed by atoms with Crippen LogP contribution in [-0.4, -0.2) is 6.29 Å². The molecule has 1 nitrogen and oxygen atoms in total. The molecule has 0 bridgehead atoms. The normalized spacial score (nSPS) is 12.3. The second-order valence-corrected chi connectivity index (χ2v) is 4.50. The van der Waals surface area contributed by atoms with Crippen molar-refractivity contribution in [2.45, 2.75) is 12.3 Å². The summed E-state index contributed by atoms with van der Waals surface area (Å²) in [5.74, 6) is -0.196. The molecule has 1 aromatic heterocycles. The van der Waals surface area contributed by atoms with Gasteiger partial charge in [0.2, 0.25) is 0 Å². The fourth-order valence-electron chi connectivity index (χ4n) is 1.70. The molecule has 0 saturated heterocycles. The van der Waals surface area contributed by atoms with Gasteiger partial charge < -0.3 is 4.79 Å². The Bertz CT molecular complexity index is 447. The van der Waals surface area contributed by atoms with Gasteiger partial charge in [0.05, 0.1) is 0 Å². The van der Waals surface area contributed by atoms with Crippen LogP contribution in [0.4, 0.5) is 4.39 Å². The third-order valence-corrected chi connectivity index (χ3v) is 3.48. The first-order valence-corrected chi connectivity index (χ1v) is 5.91. The zero-order valence-electron chi connectivity index (χ0n) is 8.60. The van der Waals surface area contributed by atoms with Crippen LogP contribution in [0.5, 0.6) is 0 Å². The van der Waals surface area contributed by atoms with Crippen LogP contribution < -0.4 is 0 Å². The van der Waals surface area contributed by atoms with E-state index in [2.05, 4.69) is 0 Å². The molecule has 0 N–H and O–H groups in total. The first-order valence-electron chi connectivity index (χ1n) is 5.04. The van der Waals surface area contributed by atoms with Crippen LogP contribution >= 0.6 is 11.3 Å². The summed E-state index contributed by atoms with van der Waals surface area (Å²) in [5, 5.41) is 1.98. The molecule has 0 aliphatic carbocycles. The third-order valence-electron chi connectivity index (χ3n) is 2.49. The van der Waals surface area contributed by atoms with E-state index in [4.69, 9.17) is 0 Å². The van der Waals surface area contributed by atoms with Crippen LogP contribution in [0.15, 0.2) is 41.8 Å². The Hall–Kier alpha value is -1.48. The van der Waals surface area contributed by atoms with Gasteiger partial charge in [0, 0.05) is 17.2 Å². The maximum absolute atomic E-state index is 12.8. The van der Waals surface area contributed by atoms with Crippen LogP contribution in [0.25, 0.3) is 0 Å². The third kappa shape index (κ3) is 2.36. The summed E-state index contributed by atoms with van der Waals surface area (Å²) in [6.07, 6.45) is 1.35. The van der Waals surface area contributed by atoms with Gasteiger partial charge in [-0.1, -0.05) is 18.2 Å². The molecule has 2 rings (SSSR count). The summed E-state index contributed by atoms with van der Waals surface area (Å²) in [4.78, 5) is 11.8. The van der Waals surface area contributed by atoms with Crippen LogP contribution in [0.2, 0.25) is 0 Å². The zero-order valence-corrected chi connectivity index (χ0v) is 9.41. The van der Waals surface area contributed by atoms with E-state index in [9.17, 15) is 9.18 Å². The minimum Gasteiger partial charge on any atom is -0.303 e. The molecule has 0 amide bonds. The van der Waals surface area contributed by atoms with Gasteiger partial charge in [-0.05, 0) is 29.1 Å². The van der Waals surface area contributed by atoms with Crippen molar-refractivity contribution < 1.29 is 9.18 Å². The Balaban J connectivity index is 2.32. The van der Waals surface area contributed by atoms with Crippen molar-refractivity contribution in [3.63, 3.8) is 0 Å². The number of carbonyl (C=O) groups excluding carboxylic acids is 1. The summed E-state index contributed by atoms with van der Waals surface area (Å²) < 4.78 is 12.8. The highest BCUT2D eigenvalue weighted by Gasteiger charge is 2.14. The van der Waals surface area contributed by atoms with E-state index in [1.165, 1.54) is 12.1 Å². The Kier molecular flexibility index (Phi) is 3.47.